The fraction of sp³-hybridized carbons (Fsp3) is 0.846. The van der Waals surface area contributed by atoms with Crippen molar-refractivity contribution in [1.82, 2.24) is 0 Å². The minimum absolute atomic E-state index is 0.239. The van der Waals surface area contributed by atoms with E-state index in [4.69, 9.17) is 0 Å². The molecule has 2 aliphatic rings. The summed E-state index contributed by atoms with van der Waals surface area (Å²) in [4.78, 5) is 0. The Morgan fingerprint density at radius 3 is 1.78 bits per heavy atom. The zero-order chi connectivity index (χ0) is 18.1. The summed E-state index contributed by atoms with van der Waals surface area (Å²) in [5.74, 6) is -2.14. The molecule has 0 spiro atoms. The first-order valence-corrected chi connectivity index (χ1v) is 6.62. The van der Waals surface area contributed by atoms with Crippen molar-refractivity contribution in [3.63, 3.8) is 0 Å². The Morgan fingerprint density at radius 2 is 1.43 bits per heavy atom. The number of rotatable bonds is 1. The lowest BCUT2D eigenvalue weighted by Crippen LogP contribution is -2.73. The van der Waals surface area contributed by atoms with E-state index in [1.807, 2.05) is 0 Å². The summed E-state index contributed by atoms with van der Waals surface area (Å²) < 4.78 is 124. The highest BCUT2D eigenvalue weighted by atomic mass is 19.4. The van der Waals surface area contributed by atoms with Gasteiger partial charge in [0.25, 0.3) is 5.60 Å². The van der Waals surface area contributed by atoms with Gasteiger partial charge in [-0.15, -0.1) is 6.58 Å². The summed E-state index contributed by atoms with van der Waals surface area (Å²) in [5, 5.41) is 0. The van der Waals surface area contributed by atoms with Crippen LogP contribution in [0.15, 0.2) is 12.7 Å². The molecule has 1 saturated heterocycles. The Bertz CT molecular complexity index is 489. The first kappa shape index (κ1) is 18.4. The maximum absolute atomic E-state index is 13.4. The van der Waals surface area contributed by atoms with Gasteiger partial charge in [0.05, 0.1) is 0 Å². The molecule has 0 aromatic heterocycles. The van der Waals surface area contributed by atoms with Crippen LogP contribution < -0.4 is 0 Å². The lowest BCUT2D eigenvalue weighted by Gasteiger charge is -2.55. The van der Waals surface area contributed by atoms with Crippen LogP contribution in [0.5, 0.6) is 0 Å². The molecule has 0 N–H and O–H groups in total. The van der Waals surface area contributed by atoms with Crippen LogP contribution in [-0.2, 0) is 4.74 Å². The second-order valence-electron chi connectivity index (χ2n) is 6.16. The standard InChI is InChI=1S/C13H13F9O/c1-3-9-5-4-7(6-9)10(12(17,18)19,13(20,21)22)23-8(9,2)11(14,15)16/h3,7H,1,4-6H2,2H3. The van der Waals surface area contributed by atoms with Crippen molar-refractivity contribution in [2.24, 2.45) is 11.3 Å². The molecule has 0 radical (unpaired) electrons. The molecular weight excluding hydrogens is 343 g/mol. The highest BCUT2D eigenvalue weighted by molar-refractivity contribution is 5.23. The average molecular weight is 356 g/mol. The van der Waals surface area contributed by atoms with E-state index >= 15 is 0 Å². The van der Waals surface area contributed by atoms with Crippen LogP contribution in [-0.4, -0.2) is 29.7 Å². The van der Waals surface area contributed by atoms with Gasteiger partial charge in [-0.2, -0.15) is 39.5 Å². The highest BCUT2D eigenvalue weighted by Gasteiger charge is 2.85. The molecule has 2 fully saturated rings. The van der Waals surface area contributed by atoms with Gasteiger partial charge in [-0.05, 0) is 26.2 Å². The third kappa shape index (κ3) is 2.05. The predicted molar refractivity (Wildman–Crippen MR) is 60.4 cm³/mol. The van der Waals surface area contributed by atoms with Gasteiger partial charge >= 0.3 is 18.5 Å². The van der Waals surface area contributed by atoms with Gasteiger partial charge in [0.1, 0.15) is 0 Å². The largest absolute Gasteiger partial charge is 0.426 e. The molecule has 1 nitrogen and oxygen atoms in total. The lowest BCUT2D eigenvalue weighted by atomic mass is 9.65. The van der Waals surface area contributed by atoms with Crippen molar-refractivity contribution in [3.05, 3.63) is 12.7 Å². The van der Waals surface area contributed by atoms with E-state index in [1.165, 1.54) is 0 Å². The maximum Gasteiger partial charge on any atom is 0.426 e. The number of alkyl halides is 9. The smallest absolute Gasteiger partial charge is 0.341 e. The fourth-order valence-electron chi connectivity index (χ4n) is 3.82. The Balaban J connectivity index is 2.74. The van der Waals surface area contributed by atoms with E-state index in [0.717, 1.165) is 6.08 Å². The van der Waals surface area contributed by atoms with E-state index in [0.29, 0.717) is 0 Å². The summed E-state index contributed by atoms with van der Waals surface area (Å²) in [6.07, 6.45) is -18.8. The zero-order valence-corrected chi connectivity index (χ0v) is 11.8. The van der Waals surface area contributed by atoms with Crippen molar-refractivity contribution in [3.8, 4) is 0 Å². The van der Waals surface area contributed by atoms with Crippen molar-refractivity contribution >= 4 is 0 Å². The minimum atomic E-state index is -6.03. The van der Waals surface area contributed by atoms with Crippen molar-refractivity contribution < 1.29 is 44.3 Å². The molecular formula is C13H13F9O. The van der Waals surface area contributed by atoms with E-state index in [2.05, 4.69) is 11.3 Å². The summed E-state index contributed by atoms with van der Waals surface area (Å²) in [6, 6.07) is 0. The van der Waals surface area contributed by atoms with Crippen molar-refractivity contribution in [1.29, 1.82) is 0 Å². The van der Waals surface area contributed by atoms with Gasteiger partial charge in [0, 0.05) is 11.3 Å². The van der Waals surface area contributed by atoms with Crippen LogP contribution in [0, 0.1) is 11.3 Å². The van der Waals surface area contributed by atoms with Gasteiger partial charge in [0.15, 0.2) is 5.60 Å². The molecule has 2 bridgehead atoms. The fourth-order valence-corrected chi connectivity index (χ4v) is 3.82. The van der Waals surface area contributed by atoms with Crippen molar-refractivity contribution in [2.45, 2.75) is 55.9 Å². The predicted octanol–water partition coefficient (Wildman–Crippen LogP) is 5.17. The van der Waals surface area contributed by atoms with E-state index in [-0.39, 0.29) is 6.92 Å². The summed E-state index contributed by atoms with van der Waals surface area (Å²) >= 11 is 0. The molecule has 2 rings (SSSR count). The van der Waals surface area contributed by atoms with Gasteiger partial charge in [-0.25, -0.2) is 0 Å². The number of fused-ring (bicyclic) bond motifs is 2. The van der Waals surface area contributed by atoms with Gasteiger partial charge in [-0.3, -0.25) is 0 Å². The topological polar surface area (TPSA) is 9.23 Å². The molecule has 0 aromatic carbocycles. The van der Waals surface area contributed by atoms with E-state index in [9.17, 15) is 39.5 Å². The summed E-state index contributed by atoms with van der Waals surface area (Å²) in [7, 11) is 0. The Morgan fingerprint density at radius 1 is 0.957 bits per heavy atom. The average Bonchev–Trinajstić information content (AvgIpc) is 2.72. The Labute approximate surface area is 125 Å². The van der Waals surface area contributed by atoms with Crippen LogP contribution >= 0.6 is 0 Å². The van der Waals surface area contributed by atoms with E-state index < -0.39 is 60.3 Å². The molecule has 0 aromatic rings. The van der Waals surface area contributed by atoms with Crippen LogP contribution in [0.25, 0.3) is 0 Å². The monoisotopic (exact) mass is 356 g/mol. The first-order valence-electron chi connectivity index (χ1n) is 6.62. The highest BCUT2D eigenvalue weighted by Crippen LogP contribution is 2.69. The zero-order valence-electron chi connectivity index (χ0n) is 11.8. The maximum atomic E-state index is 13.4. The van der Waals surface area contributed by atoms with Crippen LogP contribution in [0.3, 0.4) is 0 Å². The normalized spacial score (nSPS) is 37.7. The van der Waals surface area contributed by atoms with Crippen LogP contribution in [0.4, 0.5) is 39.5 Å². The number of ether oxygens (including phenoxy) is 1. The lowest BCUT2D eigenvalue weighted by molar-refractivity contribution is -0.462. The SMILES string of the molecule is C=CC12CCC(C1)C(C(F)(F)F)(C(F)(F)F)OC2(C)C(F)(F)F. The third-order valence-corrected chi connectivity index (χ3v) is 5.21. The Hall–Kier alpha value is -0.930. The van der Waals surface area contributed by atoms with Crippen LogP contribution in [0.1, 0.15) is 26.2 Å². The first-order chi connectivity index (χ1) is 10.1. The second kappa shape index (κ2) is 4.58. The molecule has 1 aliphatic heterocycles. The molecule has 0 amide bonds. The number of hydrogen-bond donors (Lipinski definition) is 0. The third-order valence-electron chi connectivity index (χ3n) is 5.21. The molecule has 23 heavy (non-hydrogen) atoms. The molecule has 3 atom stereocenters. The Kier molecular flexibility index (Phi) is 3.66. The minimum Gasteiger partial charge on any atom is -0.341 e. The number of halogens is 9. The molecule has 10 heteroatoms. The quantitative estimate of drug-likeness (QED) is 0.465. The molecule has 3 unspecified atom stereocenters. The van der Waals surface area contributed by atoms with Gasteiger partial charge < -0.3 is 4.74 Å². The summed E-state index contributed by atoms with van der Waals surface area (Å²) in [5.41, 5.74) is -10.5. The number of hydrogen-bond acceptors (Lipinski definition) is 1. The van der Waals surface area contributed by atoms with Crippen molar-refractivity contribution in [2.75, 3.05) is 0 Å². The summed E-state index contributed by atoms with van der Waals surface area (Å²) in [6.45, 7) is 3.43. The van der Waals surface area contributed by atoms with Gasteiger partial charge in [0.2, 0.25) is 0 Å². The molecule has 134 valence electrons. The van der Waals surface area contributed by atoms with E-state index in [1.54, 1.807) is 0 Å². The molecule has 1 aliphatic carbocycles. The molecule has 1 saturated carbocycles. The van der Waals surface area contributed by atoms with Crippen LogP contribution in [0.2, 0.25) is 0 Å². The second-order valence-corrected chi connectivity index (χ2v) is 6.16. The molecule has 1 heterocycles. The van der Waals surface area contributed by atoms with Gasteiger partial charge in [-0.1, -0.05) is 6.08 Å².